The van der Waals surface area contributed by atoms with Gasteiger partial charge in [0.2, 0.25) is 12.3 Å². The van der Waals surface area contributed by atoms with Gasteiger partial charge in [0.1, 0.15) is 5.75 Å². The Morgan fingerprint density at radius 2 is 1.63 bits per heavy atom. The molecule has 9 heteroatoms. The van der Waals surface area contributed by atoms with Crippen molar-refractivity contribution >= 4 is 29.6 Å². The van der Waals surface area contributed by atoms with Gasteiger partial charge >= 0.3 is 5.91 Å². The quantitative estimate of drug-likeness (QED) is 0.492. The number of nitrogens with one attached hydrogen (secondary N) is 2. The maximum Gasteiger partial charge on any atom is 0.304 e. The van der Waals surface area contributed by atoms with Crippen LogP contribution in [0.15, 0.2) is 66.7 Å². The molecule has 1 saturated heterocycles. The predicted octanol–water partition coefficient (Wildman–Crippen LogP) is 3.38. The number of nitrogens with zero attached hydrogens (tertiary/aromatic N) is 1. The van der Waals surface area contributed by atoms with E-state index in [1.165, 1.54) is 0 Å². The lowest BCUT2D eigenvalue weighted by molar-refractivity contribution is -0.596. The molecule has 0 radical (unpaired) electrons. The van der Waals surface area contributed by atoms with Crippen LogP contribution >= 0.6 is 11.6 Å². The lowest BCUT2D eigenvalue weighted by Gasteiger charge is -2.15. The molecule has 1 heterocycles. The first kappa shape index (κ1) is 24.1. The second-order valence-corrected chi connectivity index (χ2v) is 8.24. The number of rotatable bonds is 7. The highest BCUT2D eigenvalue weighted by Crippen LogP contribution is 2.29. The third-order valence-electron chi connectivity index (χ3n) is 5.68. The van der Waals surface area contributed by atoms with E-state index in [4.69, 9.17) is 25.8 Å². The van der Waals surface area contributed by atoms with Crippen molar-refractivity contribution < 1.29 is 28.5 Å². The zero-order valence-corrected chi connectivity index (χ0v) is 20.2. The van der Waals surface area contributed by atoms with Crippen LogP contribution in [0.1, 0.15) is 27.5 Å². The second-order valence-electron chi connectivity index (χ2n) is 7.80. The van der Waals surface area contributed by atoms with Gasteiger partial charge in [-0.2, -0.15) is 0 Å². The van der Waals surface area contributed by atoms with Crippen molar-refractivity contribution in [3.05, 3.63) is 88.4 Å². The van der Waals surface area contributed by atoms with E-state index in [9.17, 15) is 9.59 Å². The molecule has 0 spiro atoms. The summed E-state index contributed by atoms with van der Waals surface area (Å²) < 4.78 is 17.7. The molecular weight excluding hydrogens is 470 g/mol. The number of hydrazine groups is 1. The first-order valence-corrected chi connectivity index (χ1v) is 11.2. The Balaban J connectivity index is 1.71. The van der Waals surface area contributed by atoms with Crippen molar-refractivity contribution in [1.29, 1.82) is 0 Å². The molecule has 180 valence electrons. The maximum absolute atomic E-state index is 13.0. The number of halogens is 1. The number of amides is 2. The van der Waals surface area contributed by atoms with Crippen molar-refractivity contribution in [1.82, 2.24) is 10.7 Å². The van der Waals surface area contributed by atoms with Gasteiger partial charge in [0, 0.05) is 21.7 Å². The number of hydrogen-bond acceptors (Lipinski definition) is 5. The average Bonchev–Trinajstić information content (AvgIpc) is 3.18. The average molecular weight is 495 g/mol. The molecule has 1 aliphatic heterocycles. The Labute approximate surface area is 208 Å². The van der Waals surface area contributed by atoms with E-state index in [2.05, 4.69) is 10.7 Å². The Bertz CT molecular complexity index is 1260. The zero-order valence-electron chi connectivity index (χ0n) is 19.4. The number of hydrazone groups is 1. The molecule has 2 N–H and O–H groups in total. The summed E-state index contributed by atoms with van der Waals surface area (Å²) in [4.78, 5) is 26.0. The van der Waals surface area contributed by atoms with Gasteiger partial charge < -0.3 is 19.5 Å². The third kappa shape index (κ3) is 5.22. The van der Waals surface area contributed by atoms with Crippen LogP contribution in [0.3, 0.4) is 0 Å². The Hall–Kier alpha value is -4.04. The molecule has 0 saturated carbocycles. The molecule has 8 nitrogen and oxygen atoms in total. The summed E-state index contributed by atoms with van der Waals surface area (Å²) in [7, 11) is 4.71. The number of methoxy groups -OCH3 is 3. The fourth-order valence-corrected chi connectivity index (χ4v) is 4.03. The maximum atomic E-state index is 13.0. The van der Waals surface area contributed by atoms with Crippen molar-refractivity contribution in [3.63, 3.8) is 0 Å². The molecule has 4 rings (SSSR count). The molecular formula is C26H25ClN3O5+. The summed E-state index contributed by atoms with van der Waals surface area (Å²) in [6, 6.07) is 17.9. The number of carbonyl (C=O) groups excluding carboxylic acids is 2. The predicted molar refractivity (Wildman–Crippen MR) is 132 cm³/mol. The van der Waals surface area contributed by atoms with Gasteiger partial charge in [-0.05, 0) is 66.7 Å². The Kier molecular flexibility index (Phi) is 7.22. The van der Waals surface area contributed by atoms with Gasteiger partial charge in [-0.25, -0.2) is 0 Å². The molecule has 1 aliphatic rings. The standard InChI is InChI=1S/C26H24ClN3O5/c1-33-20-11-7-17(8-12-20)24-23(28-25(31)18-5-9-19(27)10-6-18)26(32)29-30(24)15-16-4-13-21(34-2)22(14-16)35-3/h4-15,23-24H,1-3H3,(H-,28,29,31,32)/p+1/b30-15-/t23-,24+/m0/s1. The van der Waals surface area contributed by atoms with Crippen molar-refractivity contribution in [2.45, 2.75) is 12.1 Å². The summed E-state index contributed by atoms with van der Waals surface area (Å²) in [5, 5.41) is 3.39. The molecule has 0 unspecified atom stereocenters. The summed E-state index contributed by atoms with van der Waals surface area (Å²) in [5.74, 6) is 1.11. The molecule has 0 bridgehead atoms. The largest absolute Gasteiger partial charge is 0.497 e. The minimum atomic E-state index is -0.858. The van der Waals surface area contributed by atoms with Crippen LogP contribution in [-0.4, -0.2) is 50.1 Å². The van der Waals surface area contributed by atoms with E-state index < -0.39 is 12.1 Å². The summed E-state index contributed by atoms with van der Waals surface area (Å²) in [5.41, 5.74) is 4.84. The molecule has 2 amide bonds. The topological polar surface area (TPSA) is 88.9 Å². The lowest BCUT2D eigenvalue weighted by Crippen LogP contribution is -2.42. The summed E-state index contributed by atoms with van der Waals surface area (Å²) in [6.07, 6.45) is 1.78. The third-order valence-corrected chi connectivity index (χ3v) is 5.94. The van der Waals surface area contributed by atoms with Crippen LogP contribution in [0.4, 0.5) is 0 Å². The zero-order chi connectivity index (χ0) is 24.9. The van der Waals surface area contributed by atoms with Gasteiger partial charge in [-0.15, -0.1) is 10.1 Å². The van der Waals surface area contributed by atoms with Gasteiger partial charge in [0.25, 0.3) is 5.91 Å². The lowest BCUT2D eigenvalue weighted by atomic mass is 9.99. The smallest absolute Gasteiger partial charge is 0.304 e. The molecule has 3 aromatic carbocycles. The fourth-order valence-electron chi connectivity index (χ4n) is 3.90. The normalized spacial score (nSPS) is 18.2. The highest BCUT2D eigenvalue weighted by molar-refractivity contribution is 6.30. The molecule has 2 atom stereocenters. The first-order chi connectivity index (χ1) is 16.9. The molecule has 3 aromatic rings. The van der Waals surface area contributed by atoms with Crippen LogP contribution in [0.25, 0.3) is 0 Å². The van der Waals surface area contributed by atoms with Crippen LogP contribution in [0.5, 0.6) is 17.2 Å². The van der Waals surface area contributed by atoms with Crippen LogP contribution in [-0.2, 0) is 4.79 Å². The SMILES string of the molecule is COc1ccc([C@@H]2[C@H](NC(=O)c3ccc(Cl)cc3)C(=O)N/[N+]2=C\c2ccc(OC)c(OC)c2)cc1. The van der Waals surface area contributed by atoms with Crippen molar-refractivity contribution in [3.8, 4) is 17.2 Å². The van der Waals surface area contributed by atoms with Gasteiger partial charge in [-0.1, -0.05) is 11.6 Å². The molecule has 0 aromatic heterocycles. The Morgan fingerprint density at radius 3 is 2.26 bits per heavy atom. The number of carbonyl (C=O) groups is 2. The highest BCUT2D eigenvalue weighted by atomic mass is 35.5. The highest BCUT2D eigenvalue weighted by Gasteiger charge is 2.47. The van der Waals surface area contributed by atoms with Gasteiger partial charge in [0.15, 0.2) is 17.5 Å². The second kappa shape index (κ2) is 10.5. The minimum absolute atomic E-state index is 0.343. The monoisotopic (exact) mass is 494 g/mol. The number of hydrogen-bond donors (Lipinski definition) is 2. The molecule has 0 aliphatic carbocycles. The van der Waals surface area contributed by atoms with E-state index in [1.54, 1.807) is 68.6 Å². The van der Waals surface area contributed by atoms with Gasteiger partial charge in [-0.3, -0.25) is 9.59 Å². The molecule has 1 fully saturated rings. The van der Waals surface area contributed by atoms with Gasteiger partial charge in [0.05, 0.1) is 21.3 Å². The van der Waals surface area contributed by atoms with Crippen LogP contribution < -0.4 is 25.0 Å². The van der Waals surface area contributed by atoms with Crippen molar-refractivity contribution in [2.75, 3.05) is 21.3 Å². The van der Waals surface area contributed by atoms with E-state index in [1.807, 2.05) is 30.3 Å². The number of ether oxygens (including phenoxy) is 3. The first-order valence-electron chi connectivity index (χ1n) is 10.8. The fraction of sp³-hybridized carbons (Fsp3) is 0.192. The Morgan fingerprint density at radius 1 is 0.943 bits per heavy atom. The van der Waals surface area contributed by atoms with Crippen LogP contribution in [0, 0.1) is 0 Å². The van der Waals surface area contributed by atoms with E-state index in [0.29, 0.717) is 27.8 Å². The van der Waals surface area contributed by atoms with E-state index in [-0.39, 0.29) is 11.8 Å². The summed E-state index contributed by atoms with van der Waals surface area (Å²) >= 11 is 5.94. The van der Waals surface area contributed by atoms with Crippen LogP contribution in [0.2, 0.25) is 5.02 Å². The van der Waals surface area contributed by atoms with Crippen molar-refractivity contribution in [2.24, 2.45) is 0 Å². The summed E-state index contributed by atoms with van der Waals surface area (Å²) in [6.45, 7) is 0. The van der Waals surface area contributed by atoms with E-state index >= 15 is 0 Å². The van der Waals surface area contributed by atoms with E-state index in [0.717, 1.165) is 11.1 Å². The molecule has 35 heavy (non-hydrogen) atoms. The minimum Gasteiger partial charge on any atom is -0.497 e. The number of benzene rings is 3.